The van der Waals surface area contributed by atoms with Gasteiger partial charge in [-0.25, -0.2) is 0 Å². The molecule has 0 spiro atoms. The minimum atomic E-state index is -0.522. The van der Waals surface area contributed by atoms with Gasteiger partial charge < -0.3 is 10.1 Å². The molecule has 0 heterocycles. The van der Waals surface area contributed by atoms with Crippen LogP contribution in [-0.4, -0.2) is 24.8 Å². The molecule has 0 aliphatic heterocycles. The molecular weight excluding hydrogens is 254 g/mol. The molecule has 1 N–H and O–H groups in total. The van der Waals surface area contributed by atoms with E-state index >= 15 is 0 Å². The number of hydrogen-bond donors (Lipinski definition) is 1. The molecule has 0 saturated heterocycles. The number of ether oxygens (including phenoxy) is 1. The molecule has 0 bridgehead atoms. The first-order valence-electron chi connectivity index (χ1n) is 5.66. The average molecular weight is 270 g/mol. The first kappa shape index (κ1) is 14.5. The molecule has 1 aromatic carbocycles. The molecule has 1 unspecified atom stereocenters. The van der Waals surface area contributed by atoms with E-state index in [2.05, 4.69) is 5.32 Å². The Bertz CT molecular complexity index is 460. The van der Waals surface area contributed by atoms with Crippen LogP contribution in [0.5, 0.6) is 5.75 Å². The molecule has 0 aromatic heterocycles. The Morgan fingerprint density at radius 2 is 2.11 bits per heavy atom. The standard InChI is InChI=1S/C13H16ClNO3/c1-4-11(16)8(2)15-13(17)10-7-9(14)5-6-12(10)18-3/h5-8H,4H2,1-3H3,(H,15,17). The largest absolute Gasteiger partial charge is 0.496 e. The number of carbonyl (C=O) groups is 2. The van der Waals surface area contributed by atoms with Crippen LogP contribution in [0.25, 0.3) is 0 Å². The number of nitrogens with one attached hydrogen (secondary N) is 1. The summed E-state index contributed by atoms with van der Waals surface area (Å²) in [6, 6.07) is 4.24. The highest BCUT2D eigenvalue weighted by Crippen LogP contribution is 2.22. The lowest BCUT2D eigenvalue weighted by molar-refractivity contribution is -0.120. The van der Waals surface area contributed by atoms with Crippen molar-refractivity contribution in [2.75, 3.05) is 7.11 Å². The van der Waals surface area contributed by atoms with E-state index < -0.39 is 6.04 Å². The van der Waals surface area contributed by atoms with Crippen LogP contribution in [0, 0.1) is 0 Å². The lowest BCUT2D eigenvalue weighted by Gasteiger charge is -2.14. The van der Waals surface area contributed by atoms with Crippen molar-refractivity contribution in [3.05, 3.63) is 28.8 Å². The van der Waals surface area contributed by atoms with Crippen LogP contribution in [0.1, 0.15) is 30.6 Å². The van der Waals surface area contributed by atoms with Crippen molar-refractivity contribution < 1.29 is 14.3 Å². The van der Waals surface area contributed by atoms with E-state index in [0.29, 0.717) is 22.8 Å². The van der Waals surface area contributed by atoms with Gasteiger partial charge in [0.2, 0.25) is 0 Å². The molecule has 1 atom stereocenters. The summed E-state index contributed by atoms with van der Waals surface area (Å²) in [6.45, 7) is 3.41. The van der Waals surface area contributed by atoms with E-state index in [1.807, 2.05) is 0 Å². The van der Waals surface area contributed by atoms with Crippen molar-refractivity contribution >= 4 is 23.3 Å². The maximum Gasteiger partial charge on any atom is 0.255 e. The molecule has 98 valence electrons. The van der Waals surface area contributed by atoms with Gasteiger partial charge in [0.1, 0.15) is 5.75 Å². The number of methoxy groups -OCH3 is 1. The monoisotopic (exact) mass is 269 g/mol. The van der Waals surface area contributed by atoms with Crippen molar-refractivity contribution in [2.45, 2.75) is 26.3 Å². The zero-order chi connectivity index (χ0) is 13.7. The van der Waals surface area contributed by atoms with Gasteiger partial charge in [-0.3, -0.25) is 9.59 Å². The molecule has 0 radical (unpaired) electrons. The molecule has 0 aliphatic carbocycles. The third-order valence-electron chi connectivity index (χ3n) is 2.59. The zero-order valence-electron chi connectivity index (χ0n) is 10.6. The molecule has 18 heavy (non-hydrogen) atoms. The van der Waals surface area contributed by atoms with Gasteiger partial charge in [0.25, 0.3) is 5.91 Å². The molecule has 1 rings (SSSR count). The maximum absolute atomic E-state index is 12.0. The fraction of sp³-hybridized carbons (Fsp3) is 0.385. The normalized spacial score (nSPS) is 11.8. The van der Waals surface area contributed by atoms with Crippen LogP contribution in [0.4, 0.5) is 0 Å². The first-order valence-corrected chi connectivity index (χ1v) is 6.04. The number of ketones is 1. The van der Waals surface area contributed by atoms with Crippen LogP contribution in [0.15, 0.2) is 18.2 Å². The molecule has 1 amide bonds. The molecular formula is C13H16ClNO3. The SMILES string of the molecule is CCC(=O)C(C)NC(=O)c1cc(Cl)ccc1OC. The van der Waals surface area contributed by atoms with Crippen LogP contribution >= 0.6 is 11.6 Å². The van der Waals surface area contributed by atoms with Crippen LogP contribution in [0.2, 0.25) is 5.02 Å². The van der Waals surface area contributed by atoms with E-state index in [9.17, 15) is 9.59 Å². The fourth-order valence-electron chi connectivity index (χ4n) is 1.52. The summed E-state index contributed by atoms with van der Waals surface area (Å²) in [6.07, 6.45) is 0.383. The number of amides is 1. The van der Waals surface area contributed by atoms with E-state index in [1.54, 1.807) is 26.0 Å². The van der Waals surface area contributed by atoms with Crippen molar-refractivity contribution in [3.8, 4) is 5.75 Å². The number of hydrogen-bond acceptors (Lipinski definition) is 3. The third-order valence-corrected chi connectivity index (χ3v) is 2.82. The Hall–Kier alpha value is -1.55. The van der Waals surface area contributed by atoms with Gasteiger partial charge >= 0.3 is 0 Å². The highest BCUT2D eigenvalue weighted by Gasteiger charge is 2.18. The lowest BCUT2D eigenvalue weighted by Crippen LogP contribution is -2.38. The van der Waals surface area contributed by atoms with E-state index in [1.165, 1.54) is 13.2 Å². The second kappa shape index (κ2) is 6.40. The average Bonchev–Trinajstić information content (AvgIpc) is 2.37. The number of halogens is 1. The summed E-state index contributed by atoms with van der Waals surface area (Å²) in [5, 5.41) is 3.06. The Morgan fingerprint density at radius 1 is 1.44 bits per heavy atom. The first-order chi connectivity index (χ1) is 8.49. The Balaban J connectivity index is 2.90. The van der Waals surface area contributed by atoms with Crippen molar-refractivity contribution in [1.82, 2.24) is 5.32 Å². The Labute approximate surface area is 111 Å². The van der Waals surface area contributed by atoms with Gasteiger partial charge in [0.05, 0.1) is 18.7 Å². The van der Waals surface area contributed by atoms with Gasteiger partial charge in [-0.15, -0.1) is 0 Å². The Morgan fingerprint density at radius 3 is 2.67 bits per heavy atom. The number of Topliss-reactive ketones (excluding diaryl/α,β-unsaturated/α-hetero) is 1. The number of benzene rings is 1. The van der Waals surface area contributed by atoms with Gasteiger partial charge in [-0.2, -0.15) is 0 Å². The summed E-state index contributed by atoms with van der Waals surface area (Å²) >= 11 is 5.84. The smallest absolute Gasteiger partial charge is 0.255 e. The van der Waals surface area contributed by atoms with E-state index in [0.717, 1.165) is 0 Å². The molecule has 4 nitrogen and oxygen atoms in total. The minimum absolute atomic E-state index is 0.0238. The Kier molecular flexibility index (Phi) is 5.16. The van der Waals surface area contributed by atoms with Crippen LogP contribution < -0.4 is 10.1 Å². The summed E-state index contributed by atoms with van der Waals surface area (Å²) in [7, 11) is 1.47. The molecule has 0 aliphatic rings. The molecule has 0 saturated carbocycles. The van der Waals surface area contributed by atoms with Gasteiger partial charge in [-0.05, 0) is 25.1 Å². The van der Waals surface area contributed by atoms with E-state index in [4.69, 9.17) is 16.3 Å². The third kappa shape index (κ3) is 3.47. The number of carbonyl (C=O) groups excluding carboxylic acids is 2. The topological polar surface area (TPSA) is 55.4 Å². The summed E-state index contributed by atoms with van der Waals surface area (Å²) in [5.41, 5.74) is 0.320. The second-order valence-electron chi connectivity index (χ2n) is 3.86. The quantitative estimate of drug-likeness (QED) is 0.893. The van der Waals surface area contributed by atoms with Crippen molar-refractivity contribution in [2.24, 2.45) is 0 Å². The van der Waals surface area contributed by atoms with Crippen LogP contribution in [0.3, 0.4) is 0 Å². The number of rotatable bonds is 5. The van der Waals surface area contributed by atoms with Gasteiger partial charge in [0.15, 0.2) is 5.78 Å². The molecule has 5 heteroatoms. The van der Waals surface area contributed by atoms with E-state index in [-0.39, 0.29) is 11.7 Å². The van der Waals surface area contributed by atoms with Crippen molar-refractivity contribution in [1.29, 1.82) is 0 Å². The highest BCUT2D eigenvalue weighted by atomic mass is 35.5. The summed E-state index contributed by atoms with van der Waals surface area (Å²) in [5.74, 6) is 0.0287. The molecule has 1 aromatic rings. The maximum atomic E-state index is 12.0. The van der Waals surface area contributed by atoms with Crippen LogP contribution in [-0.2, 0) is 4.79 Å². The fourth-order valence-corrected chi connectivity index (χ4v) is 1.69. The predicted octanol–water partition coefficient (Wildman–Crippen LogP) is 2.45. The minimum Gasteiger partial charge on any atom is -0.496 e. The van der Waals surface area contributed by atoms with Crippen molar-refractivity contribution in [3.63, 3.8) is 0 Å². The zero-order valence-corrected chi connectivity index (χ0v) is 11.4. The lowest BCUT2D eigenvalue weighted by atomic mass is 10.1. The summed E-state index contributed by atoms with van der Waals surface area (Å²) in [4.78, 5) is 23.4. The van der Waals surface area contributed by atoms with Gasteiger partial charge in [-0.1, -0.05) is 18.5 Å². The second-order valence-corrected chi connectivity index (χ2v) is 4.30. The van der Waals surface area contributed by atoms with Gasteiger partial charge in [0, 0.05) is 11.4 Å². The summed E-state index contributed by atoms with van der Waals surface area (Å²) < 4.78 is 5.09. The predicted molar refractivity (Wildman–Crippen MR) is 70.2 cm³/mol. The molecule has 0 fully saturated rings. The highest BCUT2D eigenvalue weighted by molar-refractivity contribution is 6.31.